The second-order valence-corrected chi connectivity index (χ2v) is 3.93. The van der Waals surface area contributed by atoms with Crippen LogP contribution in [0.3, 0.4) is 0 Å². The monoisotopic (exact) mass is 171 g/mol. The lowest BCUT2D eigenvalue weighted by molar-refractivity contribution is -0.0721. The summed E-state index contributed by atoms with van der Waals surface area (Å²) in [6.07, 6.45) is 2.43. The Kier molecular flexibility index (Phi) is 1.54. The van der Waals surface area contributed by atoms with Crippen LogP contribution in [0.15, 0.2) is 0 Å². The number of hydrogen-bond acceptors (Lipinski definition) is 2. The maximum atomic E-state index is 10.2. The van der Waals surface area contributed by atoms with Gasteiger partial charge in [-0.15, -0.1) is 0 Å². The fourth-order valence-electron chi connectivity index (χ4n) is 2.02. The van der Waals surface area contributed by atoms with Gasteiger partial charge in [0.25, 0.3) is 0 Å². The van der Waals surface area contributed by atoms with Crippen molar-refractivity contribution >= 4 is 6.09 Å². The van der Waals surface area contributed by atoms with Crippen LogP contribution in [0, 0.1) is 5.92 Å². The lowest BCUT2D eigenvalue weighted by Crippen LogP contribution is -2.56. The normalized spacial score (nSPS) is 40.2. The molecule has 0 saturated heterocycles. The first-order valence-corrected chi connectivity index (χ1v) is 4.32. The maximum Gasteiger partial charge on any atom is 0.404 e. The maximum absolute atomic E-state index is 10.2. The highest BCUT2D eigenvalue weighted by molar-refractivity contribution is 5.65. The van der Waals surface area contributed by atoms with Gasteiger partial charge in [-0.3, -0.25) is 0 Å². The van der Waals surface area contributed by atoms with E-state index in [2.05, 4.69) is 5.32 Å². The third kappa shape index (κ3) is 1.27. The van der Waals surface area contributed by atoms with Gasteiger partial charge in [-0.1, -0.05) is 0 Å². The van der Waals surface area contributed by atoms with Crippen LogP contribution in [0.5, 0.6) is 0 Å². The van der Waals surface area contributed by atoms with Crippen molar-refractivity contribution in [3.8, 4) is 0 Å². The highest BCUT2D eigenvalue weighted by Gasteiger charge is 2.52. The number of rotatable bonds is 2. The van der Waals surface area contributed by atoms with Crippen molar-refractivity contribution in [2.75, 3.05) is 0 Å². The molecule has 2 rings (SSSR count). The molecule has 0 aliphatic heterocycles. The molecule has 0 spiro atoms. The molecule has 1 amide bonds. The topological polar surface area (TPSA) is 69.6 Å². The van der Waals surface area contributed by atoms with E-state index in [1.807, 2.05) is 0 Å². The second-order valence-electron chi connectivity index (χ2n) is 3.93. The fourth-order valence-corrected chi connectivity index (χ4v) is 2.02. The lowest BCUT2D eigenvalue weighted by atomic mass is 9.72. The predicted molar refractivity (Wildman–Crippen MR) is 41.9 cm³/mol. The molecule has 2 saturated carbocycles. The highest BCUT2D eigenvalue weighted by Crippen LogP contribution is 2.50. The first kappa shape index (κ1) is 7.86. The molecule has 0 bridgehead atoms. The summed E-state index contributed by atoms with van der Waals surface area (Å²) < 4.78 is 0. The van der Waals surface area contributed by atoms with Crippen molar-refractivity contribution in [3.05, 3.63) is 0 Å². The van der Waals surface area contributed by atoms with Crippen LogP contribution in [-0.4, -0.2) is 27.9 Å². The van der Waals surface area contributed by atoms with Crippen LogP contribution in [0.2, 0.25) is 0 Å². The van der Waals surface area contributed by atoms with Crippen molar-refractivity contribution in [3.63, 3.8) is 0 Å². The lowest BCUT2D eigenvalue weighted by Gasteiger charge is -2.43. The third-order valence-electron chi connectivity index (χ3n) is 2.86. The molecule has 0 atom stereocenters. The quantitative estimate of drug-likeness (QED) is 0.568. The highest BCUT2D eigenvalue weighted by atomic mass is 16.4. The Balaban J connectivity index is 1.78. The van der Waals surface area contributed by atoms with Gasteiger partial charge < -0.3 is 15.5 Å². The predicted octanol–water partition coefficient (Wildman–Crippen LogP) is 0.557. The van der Waals surface area contributed by atoms with Crippen molar-refractivity contribution < 1.29 is 15.0 Å². The molecular weight excluding hydrogens is 158 g/mol. The summed E-state index contributed by atoms with van der Waals surface area (Å²) in [5.74, 6) is 0.448. The van der Waals surface area contributed by atoms with E-state index in [-0.39, 0.29) is 6.04 Å². The number of amides is 1. The van der Waals surface area contributed by atoms with Crippen LogP contribution in [-0.2, 0) is 0 Å². The molecule has 0 heterocycles. The molecule has 0 radical (unpaired) electrons. The minimum absolute atomic E-state index is 0.0203. The summed E-state index contributed by atoms with van der Waals surface area (Å²) in [6.45, 7) is 0. The summed E-state index contributed by atoms with van der Waals surface area (Å²) in [5.41, 5.74) is -0.535. The molecule has 4 heteroatoms. The van der Waals surface area contributed by atoms with Crippen LogP contribution >= 0.6 is 0 Å². The van der Waals surface area contributed by atoms with Gasteiger partial charge in [-0.25, -0.2) is 4.79 Å². The zero-order valence-electron chi connectivity index (χ0n) is 6.79. The summed E-state index contributed by atoms with van der Waals surface area (Å²) in [5, 5.41) is 20.6. The minimum Gasteiger partial charge on any atom is -0.465 e. The van der Waals surface area contributed by atoms with Gasteiger partial charge in [0, 0.05) is 6.04 Å². The average Bonchev–Trinajstić information content (AvgIpc) is 2.62. The van der Waals surface area contributed by atoms with E-state index in [0.29, 0.717) is 18.8 Å². The standard InChI is InChI=1S/C8H13NO3/c10-7(11)9-6-3-8(12,4-6)5-1-2-5/h5-6,9,12H,1-4H2,(H,10,11). The van der Waals surface area contributed by atoms with Gasteiger partial charge in [-0.05, 0) is 31.6 Å². The van der Waals surface area contributed by atoms with Crippen molar-refractivity contribution in [1.29, 1.82) is 0 Å². The zero-order valence-corrected chi connectivity index (χ0v) is 6.79. The van der Waals surface area contributed by atoms with Crippen LogP contribution < -0.4 is 5.32 Å². The van der Waals surface area contributed by atoms with E-state index < -0.39 is 11.7 Å². The summed E-state index contributed by atoms with van der Waals surface area (Å²) in [7, 11) is 0. The Morgan fingerprint density at radius 2 is 2.00 bits per heavy atom. The van der Waals surface area contributed by atoms with E-state index in [0.717, 1.165) is 12.8 Å². The average molecular weight is 171 g/mol. The molecule has 12 heavy (non-hydrogen) atoms. The first-order valence-electron chi connectivity index (χ1n) is 4.32. The molecule has 2 aliphatic rings. The second kappa shape index (κ2) is 2.36. The zero-order chi connectivity index (χ0) is 8.77. The minimum atomic E-state index is -0.988. The Bertz CT molecular complexity index is 206. The van der Waals surface area contributed by atoms with Gasteiger partial charge in [0.2, 0.25) is 0 Å². The number of nitrogens with one attached hydrogen (secondary N) is 1. The molecule has 0 unspecified atom stereocenters. The SMILES string of the molecule is O=C(O)NC1CC(O)(C2CC2)C1. The number of carboxylic acid groups (broad SMARTS) is 1. The van der Waals surface area contributed by atoms with Crippen LogP contribution in [0.25, 0.3) is 0 Å². The van der Waals surface area contributed by atoms with E-state index in [9.17, 15) is 9.90 Å². The number of hydrogen-bond donors (Lipinski definition) is 3. The Labute approximate surface area is 70.6 Å². The van der Waals surface area contributed by atoms with Gasteiger partial charge in [0.1, 0.15) is 0 Å². The molecule has 0 aromatic rings. The molecular formula is C8H13NO3. The Morgan fingerprint density at radius 1 is 1.42 bits per heavy atom. The number of aliphatic hydroxyl groups is 1. The largest absolute Gasteiger partial charge is 0.465 e. The van der Waals surface area contributed by atoms with E-state index >= 15 is 0 Å². The van der Waals surface area contributed by atoms with E-state index in [1.54, 1.807) is 0 Å². The Hall–Kier alpha value is -0.770. The van der Waals surface area contributed by atoms with E-state index in [1.165, 1.54) is 0 Å². The third-order valence-corrected chi connectivity index (χ3v) is 2.86. The number of carbonyl (C=O) groups is 1. The summed E-state index contributed by atoms with van der Waals surface area (Å²) in [6, 6.07) is -0.0203. The molecule has 0 aromatic carbocycles. The summed E-state index contributed by atoms with van der Waals surface area (Å²) in [4.78, 5) is 10.2. The summed E-state index contributed by atoms with van der Waals surface area (Å²) >= 11 is 0. The fraction of sp³-hybridized carbons (Fsp3) is 0.875. The smallest absolute Gasteiger partial charge is 0.404 e. The van der Waals surface area contributed by atoms with Crippen molar-refractivity contribution in [2.24, 2.45) is 5.92 Å². The molecule has 3 N–H and O–H groups in total. The van der Waals surface area contributed by atoms with Crippen LogP contribution in [0.1, 0.15) is 25.7 Å². The van der Waals surface area contributed by atoms with Gasteiger partial charge in [0.15, 0.2) is 0 Å². The Morgan fingerprint density at radius 3 is 2.42 bits per heavy atom. The van der Waals surface area contributed by atoms with Gasteiger partial charge in [-0.2, -0.15) is 0 Å². The molecule has 2 aliphatic carbocycles. The molecule has 68 valence electrons. The van der Waals surface area contributed by atoms with E-state index in [4.69, 9.17) is 5.11 Å². The molecule has 4 nitrogen and oxygen atoms in total. The van der Waals surface area contributed by atoms with Crippen molar-refractivity contribution in [1.82, 2.24) is 5.32 Å². The van der Waals surface area contributed by atoms with Gasteiger partial charge >= 0.3 is 6.09 Å². The van der Waals surface area contributed by atoms with Crippen molar-refractivity contribution in [2.45, 2.75) is 37.3 Å². The molecule has 2 fully saturated rings. The van der Waals surface area contributed by atoms with Crippen LogP contribution in [0.4, 0.5) is 4.79 Å². The van der Waals surface area contributed by atoms with Gasteiger partial charge in [0.05, 0.1) is 5.60 Å². The first-order chi connectivity index (χ1) is 5.60. The molecule has 0 aromatic heterocycles.